The van der Waals surface area contributed by atoms with Crippen molar-refractivity contribution in [3.63, 3.8) is 0 Å². The Labute approximate surface area is 209 Å². The summed E-state index contributed by atoms with van der Waals surface area (Å²) in [5, 5.41) is 13.4. The molecule has 1 aliphatic rings. The lowest BCUT2D eigenvalue weighted by Gasteiger charge is -2.28. The zero-order valence-electron chi connectivity index (χ0n) is 20.3. The second kappa shape index (κ2) is 10.5. The summed E-state index contributed by atoms with van der Waals surface area (Å²) in [6.07, 6.45) is 0.396. The van der Waals surface area contributed by atoms with Crippen LogP contribution in [0.5, 0.6) is 5.75 Å². The molecule has 2 N–H and O–H groups in total. The summed E-state index contributed by atoms with van der Waals surface area (Å²) < 4.78 is 22.3. The van der Waals surface area contributed by atoms with Crippen molar-refractivity contribution in [1.29, 1.82) is 0 Å². The molecule has 7 heteroatoms. The number of fused-ring (bicyclic) bond motifs is 1. The van der Waals surface area contributed by atoms with E-state index in [0.717, 1.165) is 40.9 Å². The lowest BCUT2D eigenvalue weighted by atomic mass is 9.99. The van der Waals surface area contributed by atoms with Crippen LogP contribution in [0.1, 0.15) is 27.2 Å². The third-order valence-electron chi connectivity index (χ3n) is 6.77. The van der Waals surface area contributed by atoms with Gasteiger partial charge in [0, 0.05) is 55.4 Å². The van der Waals surface area contributed by atoms with Gasteiger partial charge in [0.25, 0.3) is 5.91 Å². The molecule has 5 rings (SSSR count). The lowest BCUT2D eigenvalue weighted by molar-refractivity contribution is 0.0736. The topological polar surface area (TPSA) is 66.7 Å². The Morgan fingerprint density at radius 2 is 1.83 bits per heavy atom. The number of para-hydroxylation sites is 1. The Kier molecular flexibility index (Phi) is 7.02. The zero-order valence-corrected chi connectivity index (χ0v) is 20.3. The van der Waals surface area contributed by atoms with Crippen LogP contribution < -0.4 is 10.1 Å². The van der Waals surface area contributed by atoms with Gasteiger partial charge in [-0.1, -0.05) is 30.3 Å². The number of halogens is 1. The first-order chi connectivity index (χ1) is 17.6. The number of aromatic nitrogens is 1. The van der Waals surface area contributed by atoms with Crippen LogP contribution in [0, 0.1) is 12.7 Å². The number of hydrogen-bond acceptors (Lipinski definition) is 4. The van der Waals surface area contributed by atoms with Crippen molar-refractivity contribution >= 4 is 16.8 Å². The van der Waals surface area contributed by atoms with Crippen LogP contribution in [0.25, 0.3) is 16.6 Å². The number of ether oxygens (including phenoxy) is 1. The highest BCUT2D eigenvalue weighted by molar-refractivity contribution is 6.09. The first-order valence-electron chi connectivity index (χ1n) is 12.3. The predicted molar refractivity (Wildman–Crippen MR) is 139 cm³/mol. The van der Waals surface area contributed by atoms with Gasteiger partial charge in [0.15, 0.2) is 0 Å². The van der Waals surface area contributed by atoms with E-state index < -0.39 is 0 Å². The molecule has 1 aliphatic heterocycles. The smallest absolute Gasteiger partial charge is 0.256 e. The van der Waals surface area contributed by atoms with Crippen LogP contribution in [-0.4, -0.2) is 59.9 Å². The minimum atomic E-state index is -0.260. The molecule has 4 aromatic rings. The van der Waals surface area contributed by atoms with Crippen molar-refractivity contribution in [3.8, 4) is 11.4 Å². The zero-order chi connectivity index (χ0) is 25.1. The third-order valence-corrected chi connectivity index (χ3v) is 6.77. The van der Waals surface area contributed by atoms with Crippen LogP contribution in [0.4, 0.5) is 4.39 Å². The fraction of sp³-hybridized carbons (Fsp3) is 0.276. The van der Waals surface area contributed by atoms with E-state index in [-0.39, 0.29) is 24.9 Å². The molecule has 0 saturated carbocycles. The number of piperazine rings is 1. The summed E-state index contributed by atoms with van der Waals surface area (Å²) in [6, 6.07) is 20.6. The minimum Gasteiger partial charge on any atom is -0.491 e. The maximum atomic E-state index is 14.5. The first kappa shape index (κ1) is 24.0. The van der Waals surface area contributed by atoms with Gasteiger partial charge >= 0.3 is 0 Å². The molecule has 6 nitrogen and oxygen atoms in total. The molecular weight excluding hydrogens is 457 g/mol. The molecule has 1 aromatic heterocycles. The number of nitrogens with zero attached hydrogens (tertiary/aromatic N) is 2. The number of aliphatic hydroxyl groups is 1. The molecule has 1 amide bonds. The van der Waals surface area contributed by atoms with Gasteiger partial charge in [0.1, 0.15) is 18.2 Å². The molecule has 186 valence electrons. The number of nitrogens with one attached hydrogen (secondary N) is 1. The molecule has 0 atom stereocenters. The number of rotatable bonds is 7. The molecule has 1 saturated heterocycles. The van der Waals surface area contributed by atoms with Gasteiger partial charge in [-0.05, 0) is 48.4 Å². The number of hydrogen-bond donors (Lipinski definition) is 2. The Hall–Kier alpha value is -3.68. The monoisotopic (exact) mass is 487 g/mol. The average molecular weight is 488 g/mol. The van der Waals surface area contributed by atoms with Crippen LogP contribution in [0.15, 0.2) is 66.7 Å². The standard InChI is InChI=1S/C29H30FN3O3/c1-20-21(6-5-9-25(20)30)18-27-28(29(35)32-14-12-31-13-15-32)24-11-10-23(36-17-16-34)19-26(24)33(27)22-7-3-2-4-8-22/h2-11,19,31,34H,12-18H2,1H3. The van der Waals surface area contributed by atoms with Gasteiger partial charge in [-0.3, -0.25) is 4.79 Å². The highest BCUT2D eigenvalue weighted by Crippen LogP contribution is 2.35. The van der Waals surface area contributed by atoms with E-state index in [9.17, 15) is 14.3 Å². The van der Waals surface area contributed by atoms with E-state index >= 15 is 0 Å². The fourth-order valence-electron chi connectivity index (χ4n) is 4.90. The normalized spacial score (nSPS) is 13.8. The largest absolute Gasteiger partial charge is 0.491 e. The van der Waals surface area contributed by atoms with E-state index in [1.807, 2.05) is 59.5 Å². The second-order valence-electron chi connectivity index (χ2n) is 8.99. The number of aliphatic hydroxyl groups excluding tert-OH is 1. The molecule has 0 bridgehead atoms. The quantitative estimate of drug-likeness (QED) is 0.412. The first-order valence-corrected chi connectivity index (χ1v) is 12.3. The number of carbonyl (C=O) groups excluding carboxylic acids is 1. The minimum absolute atomic E-state index is 0.0238. The van der Waals surface area contributed by atoms with Crippen LogP contribution in [0.3, 0.4) is 0 Å². The molecule has 3 aromatic carbocycles. The summed E-state index contributed by atoms with van der Waals surface area (Å²) in [5.74, 6) is 0.328. The molecule has 36 heavy (non-hydrogen) atoms. The van der Waals surface area contributed by atoms with E-state index in [1.165, 1.54) is 6.07 Å². The number of amides is 1. The van der Waals surface area contributed by atoms with Gasteiger partial charge in [0.05, 0.1) is 17.7 Å². The Balaban J connectivity index is 1.77. The van der Waals surface area contributed by atoms with E-state index in [4.69, 9.17) is 4.74 Å². The lowest BCUT2D eigenvalue weighted by Crippen LogP contribution is -2.46. The van der Waals surface area contributed by atoms with Crippen molar-refractivity contribution in [2.24, 2.45) is 0 Å². The van der Waals surface area contributed by atoms with Crippen LogP contribution in [-0.2, 0) is 6.42 Å². The van der Waals surface area contributed by atoms with E-state index in [0.29, 0.717) is 36.4 Å². The SMILES string of the molecule is Cc1c(F)cccc1Cc1c(C(=O)N2CCNCC2)c2ccc(OCCO)cc2n1-c1ccccc1. The molecule has 0 spiro atoms. The van der Waals surface area contributed by atoms with Gasteiger partial charge in [-0.25, -0.2) is 4.39 Å². The maximum absolute atomic E-state index is 14.5. The summed E-state index contributed by atoms with van der Waals surface area (Å²) in [7, 11) is 0. The van der Waals surface area contributed by atoms with E-state index in [2.05, 4.69) is 9.88 Å². The summed E-state index contributed by atoms with van der Waals surface area (Å²) in [4.78, 5) is 15.9. The molecule has 1 fully saturated rings. The Morgan fingerprint density at radius 3 is 2.58 bits per heavy atom. The van der Waals surface area contributed by atoms with Crippen molar-refractivity contribution in [2.45, 2.75) is 13.3 Å². The molecule has 0 unspecified atom stereocenters. The molecule has 0 radical (unpaired) electrons. The highest BCUT2D eigenvalue weighted by Gasteiger charge is 2.28. The summed E-state index contributed by atoms with van der Waals surface area (Å²) in [5.41, 5.74) is 4.60. The van der Waals surface area contributed by atoms with Crippen LogP contribution >= 0.6 is 0 Å². The van der Waals surface area contributed by atoms with Crippen molar-refractivity contribution in [3.05, 3.63) is 94.9 Å². The predicted octanol–water partition coefficient (Wildman–Crippen LogP) is 4.09. The summed E-state index contributed by atoms with van der Waals surface area (Å²) in [6.45, 7) is 4.63. The summed E-state index contributed by atoms with van der Waals surface area (Å²) >= 11 is 0. The fourth-order valence-corrected chi connectivity index (χ4v) is 4.90. The van der Waals surface area contributed by atoms with Gasteiger partial charge < -0.3 is 24.6 Å². The molecule has 2 heterocycles. The second-order valence-corrected chi connectivity index (χ2v) is 8.99. The number of carbonyl (C=O) groups is 1. The molecule has 0 aliphatic carbocycles. The third kappa shape index (κ3) is 4.59. The number of benzene rings is 3. The Bertz CT molecular complexity index is 1380. The van der Waals surface area contributed by atoms with Gasteiger partial charge in [-0.15, -0.1) is 0 Å². The van der Waals surface area contributed by atoms with Gasteiger partial charge in [0.2, 0.25) is 0 Å². The van der Waals surface area contributed by atoms with Crippen molar-refractivity contribution in [2.75, 3.05) is 39.4 Å². The van der Waals surface area contributed by atoms with Crippen molar-refractivity contribution in [1.82, 2.24) is 14.8 Å². The van der Waals surface area contributed by atoms with E-state index in [1.54, 1.807) is 13.0 Å². The van der Waals surface area contributed by atoms with Crippen LogP contribution in [0.2, 0.25) is 0 Å². The average Bonchev–Trinajstić information content (AvgIpc) is 3.23. The van der Waals surface area contributed by atoms with Crippen molar-refractivity contribution < 1.29 is 19.0 Å². The maximum Gasteiger partial charge on any atom is 0.256 e. The van der Waals surface area contributed by atoms with Gasteiger partial charge in [-0.2, -0.15) is 0 Å². The molecular formula is C29H30FN3O3. The Morgan fingerprint density at radius 1 is 1.06 bits per heavy atom. The highest BCUT2D eigenvalue weighted by atomic mass is 19.1.